The Balaban J connectivity index is 1.43. The predicted octanol–water partition coefficient (Wildman–Crippen LogP) is 2.91. The summed E-state index contributed by atoms with van der Waals surface area (Å²) in [5.74, 6) is -0.139. The number of hydrogen-bond acceptors (Lipinski definition) is 4. The zero-order valence-electron chi connectivity index (χ0n) is 17.1. The van der Waals surface area contributed by atoms with Crippen molar-refractivity contribution in [2.24, 2.45) is 0 Å². The van der Waals surface area contributed by atoms with Crippen molar-refractivity contribution in [2.75, 3.05) is 26.2 Å². The summed E-state index contributed by atoms with van der Waals surface area (Å²) in [6.07, 6.45) is 4.46. The van der Waals surface area contributed by atoms with Gasteiger partial charge in [-0.15, -0.1) is 0 Å². The highest BCUT2D eigenvalue weighted by atomic mass is 32.2. The van der Waals surface area contributed by atoms with Crippen molar-refractivity contribution in [1.29, 1.82) is 0 Å². The van der Waals surface area contributed by atoms with E-state index in [9.17, 15) is 18.0 Å². The minimum absolute atomic E-state index is 0.0359. The Morgan fingerprint density at radius 2 is 1.40 bits per heavy atom. The summed E-state index contributed by atoms with van der Waals surface area (Å²) in [5.41, 5.74) is 3.77. The van der Waals surface area contributed by atoms with E-state index < -0.39 is 10.0 Å². The maximum atomic E-state index is 12.9. The second-order valence-corrected chi connectivity index (χ2v) is 9.91. The number of carbonyl (C=O) groups is 2. The summed E-state index contributed by atoms with van der Waals surface area (Å²) in [5, 5.41) is 0. The van der Waals surface area contributed by atoms with Crippen molar-refractivity contribution in [3.63, 3.8) is 0 Å². The predicted molar refractivity (Wildman–Crippen MR) is 114 cm³/mol. The molecular weight excluding hydrogens is 400 g/mol. The highest BCUT2D eigenvalue weighted by molar-refractivity contribution is 7.89. The molecule has 0 aromatic heterocycles. The number of rotatable bonds is 4. The first-order chi connectivity index (χ1) is 14.4. The molecule has 1 aliphatic heterocycles. The summed E-state index contributed by atoms with van der Waals surface area (Å²) in [7, 11) is -3.65. The van der Waals surface area contributed by atoms with Gasteiger partial charge in [0, 0.05) is 37.3 Å². The van der Waals surface area contributed by atoms with Crippen molar-refractivity contribution in [3.05, 3.63) is 64.7 Å². The molecule has 2 aromatic carbocycles. The molecule has 0 atom stereocenters. The number of benzene rings is 2. The van der Waals surface area contributed by atoms with E-state index in [4.69, 9.17) is 0 Å². The summed E-state index contributed by atoms with van der Waals surface area (Å²) in [6, 6.07) is 12.0. The lowest BCUT2D eigenvalue weighted by Gasteiger charge is -2.34. The minimum Gasteiger partial charge on any atom is -0.336 e. The number of hydrogen-bond donors (Lipinski definition) is 0. The van der Waals surface area contributed by atoms with Gasteiger partial charge in [0.05, 0.1) is 4.90 Å². The largest absolute Gasteiger partial charge is 0.336 e. The van der Waals surface area contributed by atoms with Crippen LogP contribution in [0.15, 0.2) is 47.4 Å². The number of aryl methyl sites for hydroxylation is 2. The van der Waals surface area contributed by atoms with E-state index in [0.29, 0.717) is 24.2 Å². The number of nitrogens with zero attached hydrogens (tertiary/aromatic N) is 2. The summed E-state index contributed by atoms with van der Waals surface area (Å²) in [6.45, 7) is 2.69. The van der Waals surface area contributed by atoms with E-state index in [1.54, 1.807) is 4.90 Å². The van der Waals surface area contributed by atoms with Crippen LogP contribution in [0.1, 0.15) is 51.6 Å². The Hall–Kier alpha value is -2.51. The van der Waals surface area contributed by atoms with Crippen LogP contribution in [-0.4, -0.2) is 55.5 Å². The molecule has 1 saturated heterocycles. The van der Waals surface area contributed by atoms with E-state index in [-0.39, 0.29) is 29.7 Å². The van der Waals surface area contributed by atoms with Crippen molar-refractivity contribution in [3.8, 4) is 0 Å². The number of sulfonamides is 1. The standard InChI is InChI=1S/C23H26N2O4S/c1-17(26)18-8-10-22(11-9-18)30(28,29)25-14-12-24(13-15-25)23(27)21-7-6-19-4-2-3-5-20(19)16-21/h6-11,16H,2-5,12-15H2,1H3. The third-order valence-corrected chi connectivity index (χ3v) is 7.93. The van der Waals surface area contributed by atoms with Gasteiger partial charge in [0.15, 0.2) is 5.78 Å². The third kappa shape index (κ3) is 4.04. The summed E-state index contributed by atoms with van der Waals surface area (Å²) >= 11 is 0. The van der Waals surface area contributed by atoms with Gasteiger partial charge in [-0.2, -0.15) is 4.31 Å². The van der Waals surface area contributed by atoms with E-state index in [0.717, 1.165) is 19.3 Å². The van der Waals surface area contributed by atoms with Gasteiger partial charge in [-0.05, 0) is 68.0 Å². The molecule has 0 spiro atoms. The Morgan fingerprint density at radius 1 is 0.800 bits per heavy atom. The van der Waals surface area contributed by atoms with Crippen LogP contribution in [0.2, 0.25) is 0 Å². The average Bonchev–Trinajstić information content (AvgIpc) is 2.78. The number of carbonyl (C=O) groups excluding carboxylic acids is 2. The lowest BCUT2D eigenvalue weighted by atomic mass is 9.90. The van der Waals surface area contributed by atoms with Crippen LogP contribution in [0.25, 0.3) is 0 Å². The van der Waals surface area contributed by atoms with Crippen LogP contribution < -0.4 is 0 Å². The summed E-state index contributed by atoms with van der Waals surface area (Å²) < 4.78 is 27.2. The summed E-state index contributed by atoms with van der Waals surface area (Å²) in [4.78, 5) is 26.2. The third-order valence-electron chi connectivity index (χ3n) is 6.02. The lowest BCUT2D eigenvalue weighted by Crippen LogP contribution is -2.50. The second kappa shape index (κ2) is 8.32. The Kier molecular flexibility index (Phi) is 5.75. The average molecular weight is 427 g/mol. The zero-order valence-corrected chi connectivity index (χ0v) is 18.0. The Morgan fingerprint density at radius 3 is 2.03 bits per heavy atom. The smallest absolute Gasteiger partial charge is 0.253 e. The van der Waals surface area contributed by atoms with Gasteiger partial charge in [0.2, 0.25) is 10.0 Å². The fourth-order valence-electron chi connectivity index (χ4n) is 4.19. The Bertz CT molecular complexity index is 1070. The quantitative estimate of drug-likeness (QED) is 0.705. The highest BCUT2D eigenvalue weighted by Crippen LogP contribution is 2.24. The van der Waals surface area contributed by atoms with Crippen LogP contribution in [0.4, 0.5) is 0 Å². The molecule has 1 aliphatic carbocycles. The number of piperazine rings is 1. The topological polar surface area (TPSA) is 74.8 Å². The fraction of sp³-hybridized carbons (Fsp3) is 0.391. The molecule has 4 rings (SSSR count). The molecule has 7 heteroatoms. The molecule has 30 heavy (non-hydrogen) atoms. The number of amides is 1. The van der Waals surface area contributed by atoms with Crippen LogP contribution in [0.3, 0.4) is 0 Å². The van der Waals surface area contributed by atoms with Crippen LogP contribution in [0.5, 0.6) is 0 Å². The maximum Gasteiger partial charge on any atom is 0.253 e. The number of fused-ring (bicyclic) bond motifs is 1. The minimum atomic E-state index is -3.65. The number of Topliss-reactive ketones (excluding diaryl/α,β-unsaturated/α-hetero) is 1. The molecule has 6 nitrogen and oxygen atoms in total. The zero-order chi connectivity index (χ0) is 21.3. The van der Waals surface area contributed by atoms with E-state index in [1.807, 2.05) is 12.1 Å². The van der Waals surface area contributed by atoms with Crippen LogP contribution >= 0.6 is 0 Å². The van der Waals surface area contributed by atoms with Crippen molar-refractivity contribution < 1.29 is 18.0 Å². The molecule has 2 aliphatic rings. The molecule has 0 bridgehead atoms. The number of ketones is 1. The van der Waals surface area contributed by atoms with Gasteiger partial charge < -0.3 is 4.90 Å². The highest BCUT2D eigenvalue weighted by Gasteiger charge is 2.30. The lowest BCUT2D eigenvalue weighted by molar-refractivity contribution is 0.0697. The molecule has 1 fully saturated rings. The Labute approximate surface area is 177 Å². The first kappa shape index (κ1) is 20.8. The molecule has 1 heterocycles. The molecule has 158 valence electrons. The van der Waals surface area contributed by atoms with Gasteiger partial charge in [-0.25, -0.2) is 8.42 Å². The van der Waals surface area contributed by atoms with Crippen molar-refractivity contribution >= 4 is 21.7 Å². The molecule has 2 aromatic rings. The van der Waals surface area contributed by atoms with E-state index >= 15 is 0 Å². The van der Waals surface area contributed by atoms with Crippen molar-refractivity contribution in [1.82, 2.24) is 9.21 Å². The van der Waals surface area contributed by atoms with Crippen LogP contribution in [-0.2, 0) is 22.9 Å². The normalized spacial score (nSPS) is 17.4. The second-order valence-electron chi connectivity index (χ2n) is 7.97. The molecule has 0 radical (unpaired) electrons. The maximum absolute atomic E-state index is 12.9. The molecule has 0 unspecified atom stereocenters. The first-order valence-electron chi connectivity index (χ1n) is 10.4. The van der Waals surface area contributed by atoms with Gasteiger partial charge in [0.1, 0.15) is 0 Å². The van der Waals surface area contributed by atoms with Crippen LogP contribution in [0, 0.1) is 0 Å². The van der Waals surface area contributed by atoms with Gasteiger partial charge >= 0.3 is 0 Å². The van der Waals surface area contributed by atoms with Gasteiger partial charge in [-0.3, -0.25) is 9.59 Å². The first-order valence-corrected chi connectivity index (χ1v) is 11.8. The van der Waals surface area contributed by atoms with E-state index in [1.165, 1.54) is 53.0 Å². The van der Waals surface area contributed by atoms with Crippen molar-refractivity contribution in [2.45, 2.75) is 37.5 Å². The molecule has 0 N–H and O–H groups in total. The molecular formula is C23H26N2O4S. The molecule has 0 saturated carbocycles. The molecule has 1 amide bonds. The SMILES string of the molecule is CC(=O)c1ccc(S(=O)(=O)N2CCN(C(=O)c3ccc4c(c3)CCCC4)CC2)cc1. The van der Waals surface area contributed by atoms with Gasteiger partial charge in [0.25, 0.3) is 5.91 Å². The fourth-order valence-corrected chi connectivity index (χ4v) is 5.61. The van der Waals surface area contributed by atoms with E-state index in [2.05, 4.69) is 6.07 Å². The van der Waals surface area contributed by atoms with Gasteiger partial charge in [-0.1, -0.05) is 18.2 Å². The monoisotopic (exact) mass is 426 g/mol.